The Balaban J connectivity index is 1.50. The highest BCUT2D eigenvalue weighted by atomic mass is 32.2. The highest BCUT2D eigenvalue weighted by Gasteiger charge is 2.30. The van der Waals surface area contributed by atoms with Crippen molar-refractivity contribution in [2.45, 2.75) is 11.8 Å². The van der Waals surface area contributed by atoms with Gasteiger partial charge >= 0.3 is 12.1 Å². The number of carbonyl (C=O) groups is 3. The van der Waals surface area contributed by atoms with E-state index in [0.29, 0.717) is 5.69 Å². The van der Waals surface area contributed by atoms with Crippen LogP contribution in [0.2, 0.25) is 0 Å². The zero-order chi connectivity index (χ0) is 23.8. The van der Waals surface area contributed by atoms with E-state index < -0.39 is 34.6 Å². The first-order valence-electron chi connectivity index (χ1n) is 10.3. The van der Waals surface area contributed by atoms with E-state index in [0.717, 1.165) is 0 Å². The molecule has 0 saturated carbocycles. The van der Waals surface area contributed by atoms with Gasteiger partial charge in [0.1, 0.15) is 0 Å². The SMILES string of the molecule is CCOC(=O)Nc1cccc(C(=O)OCC(=O)N2CCN(S(=O)(=O)c3ccccc3)CC2)c1. The van der Waals surface area contributed by atoms with E-state index in [2.05, 4.69) is 5.32 Å². The number of carbonyl (C=O) groups excluding carboxylic acids is 3. The average molecular weight is 476 g/mol. The summed E-state index contributed by atoms with van der Waals surface area (Å²) < 4.78 is 36.6. The number of hydrogen-bond donors (Lipinski definition) is 1. The summed E-state index contributed by atoms with van der Waals surface area (Å²) >= 11 is 0. The van der Waals surface area contributed by atoms with E-state index in [1.54, 1.807) is 37.3 Å². The molecular weight excluding hydrogens is 450 g/mol. The topological polar surface area (TPSA) is 122 Å². The third kappa shape index (κ3) is 6.30. The lowest BCUT2D eigenvalue weighted by Crippen LogP contribution is -2.51. The maximum Gasteiger partial charge on any atom is 0.411 e. The van der Waals surface area contributed by atoms with Crippen molar-refractivity contribution in [3.05, 3.63) is 60.2 Å². The Kier molecular flexibility index (Phi) is 8.01. The lowest BCUT2D eigenvalue weighted by Gasteiger charge is -2.33. The summed E-state index contributed by atoms with van der Waals surface area (Å²) in [7, 11) is -3.62. The Hall–Kier alpha value is -3.44. The van der Waals surface area contributed by atoms with Crippen LogP contribution in [0.5, 0.6) is 0 Å². The van der Waals surface area contributed by atoms with Gasteiger partial charge in [-0.25, -0.2) is 18.0 Å². The minimum atomic E-state index is -3.62. The number of piperazine rings is 1. The molecule has 176 valence electrons. The predicted octanol–water partition coefficient (Wildman–Crippen LogP) is 1.94. The van der Waals surface area contributed by atoms with Gasteiger partial charge in [0.15, 0.2) is 6.61 Å². The molecule has 2 aromatic rings. The van der Waals surface area contributed by atoms with Crippen molar-refractivity contribution < 1.29 is 32.3 Å². The van der Waals surface area contributed by atoms with E-state index in [1.807, 2.05) is 0 Å². The number of nitrogens with zero attached hydrogens (tertiary/aromatic N) is 2. The number of rotatable bonds is 7. The molecule has 1 fully saturated rings. The molecule has 33 heavy (non-hydrogen) atoms. The maximum atomic E-state index is 12.7. The summed E-state index contributed by atoms with van der Waals surface area (Å²) in [5, 5.41) is 2.48. The smallest absolute Gasteiger partial charge is 0.411 e. The van der Waals surface area contributed by atoms with Crippen LogP contribution in [-0.4, -0.2) is 75.0 Å². The van der Waals surface area contributed by atoms with Gasteiger partial charge in [0.2, 0.25) is 10.0 Å². The quantitative estimate of drug-likeness (QED) is 0.607. The number of amides is 2. The Labute approximate surface area is 192 Å². The van der Waals surface area contributed by atoms with E-state index in [4.69, 9.17) is 9.47 Å². The second-order valence-electron chi connectivity index (χ2n) is 7.10. The molecule has 2 amide bonds. The van der Waals surface area contributed by atoms with Gasteiger partial charge in [-0.05, 0) is 37.3 Å². The monoisotopic (exact) mass is 475 g/mol. The van der Waals surface area contributed by atoms with Crippen molar-refractivity contribution in [2.75, 3.05) is 44.7 Å². The number of nitrogens with one attached hydrogen (secondary N) is 1. The van der Waals surface area contributed by atoms with Gasteiger partial charge in [-0.2, -0.15) is 4.31 Å². The fraction of sp³-hybridized carbons (Fsp3) is 0.318. The zero-order valence-corrected chi connectivity index (χ0v) is 18.9. The first-order chi connectivity index (χ1) is 15.8. The largest absolute Gasteiger partial charge is 0.452 e. The first-order valence-corrected chi connectivity index (χ1v) is 11.8. The number of anilines is 1. The van der Waals surface area contributed by atoms with Crippen LogP contribution in [0.4, 0.5) is 10.5 Å². The molecule has 0 aliphatic carbocycles. The Morgan fingerprint density at radius 1 is 0.939 bits per heavy atom. The Morgan fingerprint density at radius 2 is 1.64 bits per heavy atom. The molecule has 0 unspecified atom stereocenters. The van der Waals surface area contributed by atoms with E-state index in [9.17, 15) is 22.8 Å². The summed E-state index contributed by atoms with van der Waals surface area (Å²) in [6.07, 6.45) is -0.647. The van der Waals surface area contributed by atoms with Crippen molar-refractivity contribution in [3.8, 4) is 0 Å². The molecule has 1 aliphatic rings. The highest BCUT2D eigenvalue weighted by molar-refractivity contribution is 7.89. The highest BCUT2D eigenvalue weighted by Crippen LogP contribution is 2.17. The van der Waals surface area contributed by atoms with Gasteiger partial charge in [0, 0.05) is 31.9 Å². The molecule has 1 saturated heterocycles. The van der Waals surface area contributed by atoms with E-state index in [-0.39, 0.29) is 43.2 Å². The van der Waals surface area contributed by atoms with Crippen molar-refractivity contribution in [3.63, 3.8) is 0 Å². The fourth-order valence-corrected chi connectivity index (χ4v) is 4.67. The molecular formula is C22H25N3O7S. The molecule has 2 aromatic carbocycles. The van der Waals surface area contributed by atoms with Crippen molar-refractivity contribution in [1.29, 1.82) is 0 Å². The number of hydrogen-bond acceptors (Lipinski definition) is 7. The molecule has 1 N–H and O–H groups in total. The van der Waals surface area contributed by atoms with Crippen LogP contribution in [0.25, 0.3) is 0 Å². The maximum absolute atomic E-state index is 12.7. The molecule has 1 heterocycles. The van der Waals surface area contributed by atoms with Gasteiger partial charge in [-0.15, -0.1) is 0 Å². The molecule has 0 atom stereocenters. The molecule has 0 radical (unpaired) electrons. The number of esters is 1. The van der Waals surface area contributed by atoms with Gasteiger partial charge in [-0.1, -0.05) is 24.3 Å². The standard InChI is InChI=1S/C22H25N3O7S/c1-2-31-22(28)23-18-8-6-7-17(15-18)21(27)32-16-20(26)24-11-13-25(14-12-24)33(29,30)19-9-4-3-5-10-19/h3-10,15H,2,11-14,16H2,1H3,(H,23,28). The zero-order valence-electron chi connectivity index (χ0n) is 18.1. The third-order valence-electron chi connectivity index (χ3n) is 4.92. The van der Waals surface area contributed by atoms with Crippen LogP contribution < -0.4 is 5.32 Å². The van der Waals surface area contributed by atoms with Crippen LogP contribution in [0.1, 0.15) is 17.3 Å². The molecule has 3 rings (SSSR count). The number of ether oxygens (including phenoxy) is 2. The predicted molar refractivity (Wildman–Crippen MR) is 119 cm³/mol. The summed E-state index contributed by atoms with van der Waals surface area (Å²) in [4.78, 5) is 37.9. The van der Waals surface area contributed by atoms with E-state index in [1.165, 1.54) is 33.5 Å². The molecule has 10 nitrogen and oxygen atoms in total. The van der Waals surface area contributed by atoms with Crippen molar-refractivity contribution in [2.24, 2.45) is 0 Å². The lowest BCUT2D eigenvalue weighted by molar-refractivity contribution is -0.135. The Bertz CT molecular complexity index is 1100. The van der Waals surface area contributed by atoms with Crippen LogP contribution in [0, 0.1) is 0 Å². The van der Waals surface area contributed by atoms with E-state index >= 15 is 0 Å². The molecule has 0 bridgehead atoms. The average Bonchev–Trinajstić information content (AvgIpc) is 2.83. The summed E-state index contributed by atoms with van der Waals surface area (Å²) in [5.41, 5.74) is 0.515. The molecule has 1 aliphatic heterocycles. The number of sulfonamides is 1. The molecule has 0 aromatic heterocycles. The molecule has 0 spiro atoms. The summed E-state index contributed by atoms with van der Waals surface area (Å²) in [6.45, 7) is 2.11. The first kappa shape index (κ1) is 24.2. The minimum absolute atomic E-state index is 0.151. The van der Waals surface area contributed by atoms with Crippen molar-refractivity contribution in [1.82, 2.24) is 9.21 Å². The second-order valence-corrected chi connectivity index (χ2v) is 9.04. The Morgan fingerprint density at radius 3 is 2.30 bits per heavy atom. The summed E-state index contributed by atoms with van der Waals surface area (Å²) in [5.74, 6) is -1.14. The number of benzene rings is 2. The van der Waals surface area contributed by atoms with Gasteiger partial charge < -0.3 is 14.4 Å². The normalized spacial score (nSPS) is 14.4. The lowest BCUT2D eigenvalue weighted by atomic mass is 10.2. The minimum Gasteiger partial charge on any atom is -0.452 e. The van der Waals surface area contributed by atoms with Gasteiger partial charge in [0.05, 0.1) is 17.1 Å². The van der Waals surface area contributed by atoms with Crippen molar-refractivity contribution >= 4 is 33.7 Å². The van der Waals surface area contributed by atoms with Crippen LogP contribution in [0.15, 0.2) is 59.5 Å². The summed E-state index contributed by atoms with van der Waals surface area (Å²) in [6, 6.07) is 14.2. The van der Waals surface area contributed by atoms with Crippen LogP contribution >= 0.6 is 0 Å². The molecule has 11 heteroatoms. The fourth-order valence-electron chi connectivity index (χ4n) is 3.23. The van der Waals surface area contributed by atoms with Gasteiger partial charge in [0.25, 0.3) is 5.91 Å². The van der Waals surface area contributed by atoms with Crippen LogP contribution in [0.3, 0.4) is 0 Å². The van der Waals surface area contributed by atoms with Gasteiger partial charge in [-0.3, -0.25) is 10.1 Å². The third-order valence-corrected chi connectivity index (χ3v) is 6.83. The van der Waals surface area contributed by atoms with Crippen LogP contribution in [-0.2, 0) is 24.3 Å². The second kappa shape index (κ2) is 10.9.